The predicted molar refractivity (Wildman–Crippen MR) is 139 cm³/mol. The Morgan fingerprint density at radius 2 is 1.86 bits per heavy atom. The monoisotopic (exact) mass is 490 g/mol. The lowest BCUT2D eigenvalue weighted by Gasteiger charge is -2.10. The number of hydrogen-bond donors (Lipinski definition) is 3. The zero-order valence-electron chi connectivity index (χ0n) is 18.7. The van der Waals surface area contributed by atoms with Crippen molar-refractivity contribution in [1.82, 2.24) is 35.1 Å². The lowest BCUT2D eigenvalue weighted by Crippen LogP contribution is -2.14. The number of H-pyrrole nitrogens is 2. The van der Waals surface area contributed by atoms with Gasteiger partial charge in [0.1, 0.15) is 11.8 Å². The number of fused-ring (bicyclic) bond motifs is 2. The van der Waals surface area contributed by atoms with E-state index in [1.54, 1.807) is 12.3 Å². The van der Waals surface area contributed by atoms with Crippen LogP contribution in [0, 0.1) is 0 Å². The quantitative estimate of drug-likeness (QED) is 0.293. The van der Waals surface area contributed by atoms with Crippen LogP contribution in [-0.4, -0.2) is 41.0 Å². The molecule has 0 fully saturated rings. The fourth-order valence-electron chi connectivity index (χ4n) is 3.75. The van der Waals surface area contributed by atoms with Crippen molar-refractivity contribution < 1.29 is 4.79 Å². The molecule has 4 heterocycles. The highest BCUT2D eigenvalue weighted by atomic mass is 32.2. The molecule has 3 N–H and O–H groups in total. The minimum absolute atomic E-state index is 0.266. The third kappa shape index (κ3) is 4.32. The first-order valence-electron chi connectivity index (χ1n) is 11.0. The van der Waals surface area contributed by atoms with Crippen LogP contribution in [0.1, 0.15) is 21.7 Å². The number of aromatic amines is 2. The second-order valence-corrected chi connectivity index (χ2v) is 8.90. The Bertz CT molecular complexity index is 1720. The van der Waals surface area contributed by atoms with Crippen LogP contribution in [0.15, 0.2) is 89.3 Å². The van der Waals surface area contributed by atoms with E-state index >= 15 is 0 Å². The van der Waals surface area contributed by atoms with Gasteiger partial charge in [-0.1, -0.05) is 30.0 Å². The smallest absolute Gasteiger partial charge is 0.258 e. The summed E-state index contributed by atoms with van der Waals surface area (Å²) < 4.78 is 0. The van der Waals surface area contributed by atoms with E-state index in [1.165, 1.54) is 24.4 Å². The van der Waals surface area contributed by atoms with Crippen molar-refractivity contribution in [3.05, 3.63) is 96.5 Å². The maximum absolute atomic E-state index is 13.1. The van der Waals surface area contributed by atoms with Gasteiger partial charge in [-0.15, -0.1) is 0 Å². The molecular weight excluding hydrogens is 472 g/mol. The van der Waals surface area contributed by atoms with Crippen LogP contribution >= 0.6 is 11.8 Å². The van der Waals surface area contributed by atoms with E-state index in [1.807, 2.05) is 66.7 Å². The summed E-state index contributed by atoms with van der Waals surface area (Å²) in [5, 5.41) is 11.4. The Morgan fingerprint density at radius 1 is 0.944 bits per heavy atom. The largest absolute Gasteiger partial charge is 0.340 e. The molecule has 6 aromatic rings. The third-order valence-corrected chi connectivity index (χ3v) is 6.54. The van der Waals surface area contributed by atoms with Crippen LogP contribution in [0.5, 0.6) is 0 Å². The Morgan fingerprint density at radius 3 is 2.78 bits per heavy atom. The van der Waals surface area contributed by atoms with Gasteiger partial charge in [0.2, 0.25) is 0 Å². The molecule has 0 spiro atoms. The van der Waals surface area contributed by atoms with Gasteiger partial charge in [-0.2, -0.15) is 5.10 Å². The van der Waals surface area contributed by atoms with Crippen molar-refractivity contribution in [3.63, 3.8) is 0 Å². The topological polar surface area (TPSA) is 125 Å². The highest BCUT2D eigenvalue weighted by Gasteiger charge is 2.16. The van der Waals surface area contributed by atoms with E-state index < -0.39 is 0 Å². The van der Waals surface area contributed by atoms with E-state index in [9.17, 15) is 4.79 Å². The number of carbonyl (C=O) groups is 1. The molecule has 36 heavy (non-hydrogen) atoms. The van der Waals surface area contributed by atoms with Crippen LogP contribution in [0.25, 0.3) is 34.2 Å². The molecule has 0 aliphatic carbocycles. The van der Waals surface area contributed by atoms with E-state index in [0.717, 1.165) is 32.1 Å². The average molecular weight is 491 g/mol. The molecule has 10 heteroatoms. The number of rotatable bonds is 6. The van der Waals surface area contributed by atoms with E-state index in [4.69, 9.17) is 0 Å². The number of imidazole rings is 1. The number of pyridine rings is 1. The van der Waals surface area contributed by atoms with Gasteiger partial charge >= 0.3 is 0 Å². The Labute approximate surface area is 209 Å². The molecule has 0 unspecified atom stereocenters. The van der Waals surface area contributed by atoms with Crippen LogP contribution in [-0.2, 0) is 0 Å². The molecule has 0 aliphatic rings. The molecule has 0 saturated carbocycles. The van der Waals surface area contributed by atoms with Crippen molar-refractivity contribution >= 4 is 57.7 Å². The maximum atomic E-state index is 13.1. The first kappa shape index (κ1) is 21.7. The summed E-state index contributed by atoms with van der Waals surface area (Å²) in [7, 11) is 0. The summed E-state index contributed by atoms with van der Waals surface area (Å²) in [6, 6.07) is 19.3. The molecule has 0 bridgehead atoms. The molecule has 9 nitrogen and oxygen atoms in total. The highest BCUT2D eigenvalue weighted by Crippen LogP contribution is 2.33. The first-order chi connectivity index (χ1) is 17.7. The molecule has 2 aromatic carbocycles. The molecule has 4 aromatic heterocycles. The highest BCUT2D eigenvalue weighted by molar-refractivity contribution is 7.99. The number of nitrogens with one attached hydrogen (secondary N) is 3. The maximum Gasteiger partial charge on any atom is 0.258 e. The number of carbonyl (C=O) groups excluding carboxylic acids is 1. The van der Waals surface area contributed by atoms with Crippen molar-refractivity contribution in [2.24, 2.45) is 0 Å². The summed E-state index contributed by atoms with van der Waals surface area (Å²) in [6.45, 7) is 0. The fourth-order valence-corrected chi connectivity index (χ4v) is 4.74. The lowest BCUT2D eigenvalue weighted by molar-refractivity contribution is 0.102. The molecule has 0 radical (unpaired) electrons. The summed E-state index contributed by atoms with van der Waals surface area (Å²) in [5.41, 5.74) is 4.22. The third-order valence-electron chi connectivity index (χ3n) is 5.48. The van der Waals surface area contributed by atoms with Gasteiger partial charge in [-0.05, 0) is 54.6 Å². The molecular formula is C26H18N8OS. The number of hydrogen-bond acceptors (Lipinski definition) is 7. The molecule has 1 amide bonds. The first-order valence-corrected chi connectivity index (χ1v) is 11.9. The number of benzene rings is 2. The summed E-state index contributed by atoms with van der Waals surface area (Å²) in [4.78, 5) is 34.6. The summed E-state index contributed by atoms with van der Waals surface area (Å²) >= 11 is 1.50. The van der Waals surface area contributed by atoms with Crippen molar-refractivity contribution in [3.8, 4) is 0 Å². The Balaban J connectivity index is 1.24. The molecule has 0 atom stereocenters. The minimum atomic E-state index is -0.266. The van der Waals surface area contributed by atoms with Gasteiger partial charge in [0, 0.05) is 21.4 Å². The lowest BCUT2D eigenvalue weighted by atomic mass is 10.2. The van der Waals surface area contributed by atoms with Crippen molar-refractivity contribution in [2.75, 3.05) is 5.32 Å². The van der Waals surface area contributed by atoms with Gasteiger partial charge in [0.15, 0.2) is 11.5 Å². The molecule has 0 saturated heterocycles. The van der Waals surface area contributed by atoms with Gasteiger partial charge in [-0.3, -0.25) is 14.9 Å². The second kappa shape index (κ2) is 9.43. The van der Waals surface area contributed by atoms with E-state index in [0.29, 0.717) is 22.5 Å². The molecule has 6 rings (SSSR count). The van der Waals surface area contributed by atoms with Gasteiger partial charge in [0.25, 0.3) is 5.91 Å². The zero-order valence-corrected chi connectivity index (χ0v) is 19.5. The second-order valence-electron chi connectivity index (χ2n) is 7.78. The normalized spacial score (nSPS) is 11.4. The van der Waals surface area contributed by atoms with Gasteiger partial charge < -0.3 is 10.3 Å². The number of nitrogens with zero attached hydrogens (tertiary/aromatic N) is 5. The van der Waals surface area contributed by atoms with E-state index in [2.05, 4.69) is 40.4 Å². The van der Waals surface area contributed by atoms with Crippen LogP contribution < -0.4 is 5.32 Å². The molecule has 0 aliphatic heterocycles. The summed E-state index contributed by atoms with van der Waals surface area (Å²) in [5.74, 6) is 0.115. The van der Waals surface area contributed by atoms with Crippen LogP contribution in [0.3, 0.4) is 0 Å². The predicted octanol–water partition coefficient (Wildman–Crippen LogP) is 5.20. The van der Waals surface area contributed by atoms with Gasteiger partial charge in [0.05, 0.1) is 28.8 Å². The molecule has 174 valence electrons. The number of anilines is 1. The zero-order chi connectivity index (χ0) is 24.3. The Hall–Kier alpha value is -4.83. The number of amides is 1. The standard InChI is InChI=1S/C26H18N8OS/c35-26(32-25-23-24(29-14-28-23)30-15-31-25)19-6-1-2-7-22(19)36-17-9-10-18-20(33-34-21(18)13-17)11-8-16-5-3-4-12-27-16/h1-15H,(H,33,34)(H2,28,29,30,31,32,35)/b11-8+. The van der Waals surface area contributed by atoms with Crippen molar-refractivity contribution in [2.45, 2.75) is 9.79 Å². The van der Waals surface area contributed by atoms with Crippen LogP contribution in [0.2, 0.25) is 0 Å². The van der Waals surface area contributed by atoms with Crippen molar-refractivity contribution in [1.29, 1.82) is 0 Å². The van der Waals surface area contributed by atoms with Gasteiger partial charge in [-0.25, -0.2) is 15.0 Å². The van der Waals surface area contributed by atoms with E-state index in [-0.39, 0.29) is 5.91 Å². The number of aromatic nitrogens is 7. The minimum Gasteiger partial charge on any atom is -0.340 e. The summed E-state index contributed by atoms with van der Waals surface area (Å²) in [6.07, 6.45) is 8.53. The van der Waals surface area contributed by atoms with Crippen LogP contribution in [0.4, 0.5) is 5.82 Å². The fraction of sp³-hybridized carbons (Fsp3) is 0. The average Bonchev–Trinajstić information content (AvgIpc) is 3.56. The Kier molecular flexibility index (Phi) is 5.68. The SMILES string of the molecule is O=C(Nc1ncnc2nc[nH]c12)c1ccccc1Sc1ccc2c(/C=C/c3ccccn3)n[nH]c2c1.